The predicted octanol–water partition coefficient (Wildman–Crippen LogP) is 3.97. The summed E-state index contributed by atoms with van der Waals surface area (Å²) in [7, 11) is 0. The van der Waals surface area contributed by atoms with Gasteiger partial charge in [0, 0.05) is 28.9 Å². The van der Waals surface area contributed by atoms with Crippen molar-refractivity contribution < 1.29 is 21.9 Å². The SMILES string of the molecule is C[C-]1C=CC=C2C(=C1)CC[N+]1=C2C=CC(C)(C)C=C1.[Cr]. The van der Waals surface area contributed by atoms with Gasteiger partial charge in [0.1, 0.15) is 6.54 Å². The van der Waals surface area contributed by atoms with Gasteiger partial charge in [0.25, 0.3) is 0 Å². The minimum absolute atomic E-state index is 0. The van der Waals surface area contributed by atoms with Gasteiger partial charge in [-0.1, -0.05) is 26.8 Å². The largest absolute Gasteiger partial charge is 0.200 e. The second-order valence-electron chi connectivity index (χ2n) is 6.15. The first-order chi connectivity index (χ1) is 9.05. The van der Waals surface area contributed by atoms with E-state index in [1.807, 2.05) is 0 Å². The Labute approximate surface area is 132 Å². The maximum atomic E-state index is 2.38. The summed E-state index contributed by atoms with van der Waals surface area (Å²) in [6, 6.07) is 0. The van der Waals surface area contributed by atoms with Crippen LogP contribution in [0.5, 0.6) is 0 Å². The Morgan fingerprint density at radius 3 is 2.85 bits per heavy atom. The molecule has 2 heterocycles. The van der Waals surface area contributed by atoms with Crippen LogP contribution in [0, 0.1) is 11.3 Å². The number of hydrogen-bond acceptors (Lipinski definition) is 0. The molecular weight excluding hydrogens is 282 g/mol. The summed E-state index contributed by atoms with van der Waals surface area (Å²) in [5, 5.41) is 0. The molecule has 0 amide bonds. The molecule has 0 fully saturated rings. The minimum Gasteiger partial charge on any atom is -0.200 e. The van der Waals surface area contributed by atoms with Crippen LogP contribution in [-0.2, 0) is 17.4 Å². The Balaban J connectivity index is 0.00000147. The quantitative estimate of drug-likeness (QED) is 0.470. The third-order valence-electron chi connectivity index (χ3n) is 3.93. The fourth-order valence-corrected chi connectivity index (χ4v) is 2.75. The molecule has 0 N–H and O–H groups in total. The first kappa shape index (κ1) is 15.2. The van der Waals surface area contributed by atoms with Crippen LogP contribution in [0.4, 0.5) is 0 Å². The summed E-state index contributed by atoms with van der Waals surface area (Å²) in [6.07, 6.45) is 19.2. The summed E-state index contributed by atoms with van der Waals surface area (Å²) in [5.41, 5.74) is 4.31. The van der Waals surface area contributed by atoms with Crippen molar-refractivity contribution in [3.63, 3.8) is 0 Å². The molecule has 20 heavy (non-hydrogen) atoms. The number of allylic oxidation sites excluding steroid dienone is 8. The molecule has 0 spiro atoms. The molecule has 0 unspecified atom stereocenters. The van der Waals surface area contributed by atoms with Crippen LogP contribution in [0.1, 0.15) is 27.2 Å². The van der Waals surface area contributed by atoms with E-state index in [4.69, 9.17) is 0 Å². The molecule has 0 aromatic heterocycles. The zero-order valence-corrected chi connectivity index (χ0v) is 13.7. The normalized spacial score (nSPS) is 23.1. The third kappa shape index (κ3) is 2.92. The molecule has 1 aliphatic carbocycles. The van der Waals surface area contributed by atoms with E-state index in [2.05, 4.69) is 74.1 Å². The molecule has 0 aromatic rings. The Morgan fingerprint density at radius 1 is 1.25 bits per heavy atom. The molecule has 0 atom stereocenters. The Hall–Kier alpha value is -1.23. The van der Waals surface area contributed by atoms with Crippen LogP contribution < -0.4 is 0 Å². The van der Waals surface area contributed by atoms with Crippen molar-refractivity contribution in [2.24, 2.45) is 5.41 Å². The molecule has 2 heteroatoms. The first-order valence-corrected chi connectivity index (χ1v) is 7.01. The van der Waals surface area contributed by atoms with Crippen molar-refractivity contribution in [3.8, 4) is 0 Å². The van der Waals surface area contributed by atoms with Crippen molar-refractivity contribution in [2.45, 2.75) is 27.2 Å². The van der Waals surface area contributed by atoms with E-state index in [9.17, 15) is 0 Å². The van der Waals surface area contributed by atoms with Gasteiger partial charge in [-0.05, 0) is 18.1 Å². The second kappa shape index (κ2) is 5.64. The number of nitrogens with zero attached hydrogens (tertiary/aromatic N) is 1. The summed E-state index contributed by atoms with van der Waals surface area (Å²) in [4.78, 5) is 0. The van der Waals surface area contributed by atoms with E-state index in [0.29, 0.717) is 0 Å². The van der Waals surface area contributed by atoms with Gasteiger partial charge in [0.2, 0.25) is 0 Å². The summed E-state index contributed by atoms with van der Waals surface area (Å²) in [6.45, 7) is 7.73. The molecular formula is C18H21CrN. The standard InChI is InChI=1S/C18H21N.Cr/c1-14-5-4-6-16-15(13-14)8-11-19-12-10-18(2,3)9-7-17(16)19;/h4-7,9-10,12-13H,8,11H2,1-3H3;. The van der Waals surface area contributed by atoms with E-state index in [1.54, 1.807) is 0 Å². The summed E-state index contributed by atoms with van der Waals surface area (Å²) < 4.78 is 2.38. The van der Waals surface area contributed by atoms with E-state index < -0.39 is 0 Å². The van der Waals surface area contributed by atoms with Gasteiger partial charge in [-0.15, -0.1) is 11.6 Å². The smallest absolute Gasteiger partial charge is 0.199 e. The van der Waals surface area contributed by atoms with E-state index in [1.165, 1.54) is 22.8 Å². The Bertz CT molecular complexity index is 583. The number of hydrogen-bond donors (Lipinski definition) is 0. The third-order valence-corrected chi connectivity index (χ3v) is 3.93. The zero-order valence-electron chi connectivity index (χ0n) is 12.4. The van der Waals surface area contributed by atoms with Gasteiger partial charge < -0.3 is 0 Å². The average molecular weight is 303 g/mol. The maximum Gasteiger partial charge on any atom is 0.199 e. The van der Waals surface area contributed by atoms with Crippen LogP contribution in [0.25, 0.3) is 0 Å². The molecule has 0 aromatic carbocycles. The van der Waals surface area contributed by atoms with Gasteiger partial charge >= 0.3 is 0 Å². The fraction of sp³-hybridized carbons (Fsp3) is 0.333. The second-order valence-corrected chi connectivity index (χ2v) is 6.15. The first-order valence-electron chi connectivity index (χ1n) is 7.01. The van der Waals surface area contributed by atoms with Crippen molar-refractivity contribution in [1.29, 1.82) is 0 Å². The predicted molar refractivity (Wildman–Crippen MR) is 81.0 cm³/mol. The van der Waals surface area contributed by atoms with Crippen molar-refractivity contribution in [3.05, 3.63) is 65.8 Å². The topological polar surface area (TPSA) is 3.01 Å². The average Bonchev–Trinajstić information content (AvgIpc) is 2.63. The zero-order chi connectivity index (χ0) is 13.5. The molecule has 104 valence electrons. The van der Waals surface area contributed by atoms with Gasteiger partial charge in [-0.3, -0.25) is 0 Å². The Morgan fingerprint density at radius 2 is 2.05 bits per heavy atom. The molecule has 0 saturated heterocycles. The van der Waals surface area contributed by atoms with E-state index in [0.717, 1.165) is 13.0 Å². The van der Waals surface area contributed by atoms with Crippen LogP contribution in [0.3, 0.4) is 0 Å². The minimum atomic E-state index is 0. The molecule has 2 aliphatic heterocycles. The molecule has 0 bridgehead atoms. The van der Waals surface area contributed by atoms with Gasteiger partial charge in [0.15, 0.2) is 11.9 Å². The molecule has 1 nitrogen and oxygen atoms in total. The molecule has 0 saturated carbocycles. The fourth-order valence-electron chi connectivity index (χ4n) is 2.75. The molecule has 3 aliphatic rings. The van der Waals surface area contributed by atoms with E-state index in [-0.39, 0.29) is 22.8 Å². The molecule has 0 radical (unpaired) electrons. The summed E-state index contributed by atoms with van der Waals surface area (Å²) in [5.74, 6) is 1.34. The monoisotopic (exact) mass is 303 g/mol. The van der Waals surface area contributed by atoms with Crippen molar-refractivity contribution in [1.82, 2.24) is 0 Å². The van der Waals surface area contributed by atoms with Crippen LogP contribution >= 0.6 is 0 Å². The van der Waals surface area contributed by atoms with Gasteiger partial charge in [-0.25, -0.2) is 4.58 Å². The van der Waals surface area contributed by atoms with E-state index >= 15 is 0 Å². The van der Waals surface area contributed by atoms with Gasteiger partial charge in [0.05, 0.1) is 0 Å². The van der Waals surface area contributed by atoms with Crippen molar-refractivity contribution in [2.75, 3.05) is 6.54 Å². The van der Waals surface area contributed by atoms with Gasteiger partial charge in [-0.2, -0.15) is 24.1 Å². The van der Waals surface area contributed by atoms with Crippen LogP contribution in [0.15, 0.2) is 59.9 Å². The van der Waals surface area contributed by atoms with Crippen LogP contribution in [-0.4, -0.2) is 16.8 Å². The number of fused-ring (bicyclic) bond motifs is 2. The summed E-state index contributed by atoms with van der Waals surface area (Å²) >= 11 is 0. The van der Waals surface area contributed by atoms with Crippen LogP contribution in [0.2, 0.25) is 0 Å². The Kier molecular flexibility index (Phi) is 4.28. The number of rotatable bonds is 0. The molecule has 3 rings (SSSR count). The van der Waals surface area contributed by atoms with Crippen molar-refractivity contribution >= 4 is 5.71 Å². The maximum absolute atomic E-state index is 2.38.